The Kier molecular flexibility index (Phi) is 4.85. The second-order valence-electron chi connectivity index (χ2n) is 3.69. The van der Waals surface area contributed by atoms with E-state index in [9.17, 15) is 4.79 Å². The summed E-state index contributed by atoms with van der Waals surface area (Å²) in [6, 6.07) is -0.166. The lowest BCUT2D eigenvalue weighted by atomic mass is 10.3. The van der Waals surface area contributed by atoms with Crippen LogP contribution in [-0.2, 0) is 4.74 Å². The molecular weight excluding hydrogens is 226 g/mol. The van der Waals surface area contributed by atoms with Crippen molar-refractivity contribution < 1.29 is 9.53 Å². The van der Waals surface area contributed by atoms with Crippen LogP contribution in [0.3, 0.4) is 0 Å². The first-order chi connectivity index (χ1) is 7.54. The second kappa shape index (κ2) is 5.93. The molecule has 0 bridgehead atoms. The standard InChI is InChI=1S/C10H17N3O2S/c1-6(4-15-3)12-9(14)8-5-16-10(13-8)7(2)11/h5-7H,4,11H2,1-3H3,(H,12,14). The summed E-state index contributed by atoms with van der Waals surface area (Å²) in [4.78, 5) is 15.9. The van der Waals surface area contributed by atoms with E-state index >= 15 is 0 Å². The maximum Gasteiger partial charge on any atom is 0.271 e. The monoisotopic (exact) mass is 243 g/mol. The molecule has 0 aliphatic rings. The highest BCUT2D eigenvalue weighted by atomic mass is 32.1. The molecule has 2 unspecified atom stereocenters. The van der Waals surface area contributed by atoms with Gasteiger partial charge in [-0.3, -0.25) is 4.79 Å². The largest absolute Gasteiger partial charge is 0.383 e. The quantitative estimate of drug-likeness (QED) is 0.806. The molecule has 0 spiro atoms. The lowest BCUT2D eigenvalue weighted by Crippen LogP contribution is -2.35. The number of amides is 1. The van der Waals surface area contributed by atoms with Crippen LogP contribution >= 0.6 is 11.3 Å². The van der Waals surface area contributed by atoms with Gasteiger partial charge < -0.3 is 15.8 Å². The minimum atomic E-state index is -0.187. The third-order valence-electron chi connectivity index (χ3n) is 1.94. The molecule has 0 fully saturated rings. The van der Waals surface area contributed by atoms with E-state index < -0.39 is 0 Å². The number of nitrogens with two attached hydrogens (primary N) is 1. The molecule has 5 nitrogen and oxygen atoms in total. The lowest BCUT2D eigenvalue weighted by molar-refractivity contribution is 0.0901. The molecule has 1 amide bonds. The number of hydrogen-bond donors (Lipinski definition) is 2. The minimum absolute atomic E-state index is 0.0297. The number of aromatic nitrogens is 1. The van der Waals surface area contributed by atoms with Crippen LogP contribution in [0.4, 0.5) is 0 Å². The maximum atomic E-state index is 11.7. The lowest BCUT2D eigenvalue weighted by Gasteiger charge is -2.11. The number of hydrogen-bond acceptors (Lipinski definition) is 5. The van der Waals surface area contributed by atoms with Gasteiger partial charge in [-0.05, 0) is 13.8 Å². The van der Waals surface area contributed by atoms with Gasteiger partial charge in [0.1, 0.15) is 10.7 Å². The molecule has 1 heterocycles. The smallest absolute Gasteiger partial charge is 0.271 e. The molecule has 0 saturated carbocycles. The number of ether oxygens (including phenoxy) is 1. The van der Waals surface area contributed by atoms with E-state index in [2.05, 4.69) is 10.3 Å². The molecule has 2 atom stereocenters. The Hall–Kier alpha value is -0.980. The SMILES string of the molecule is COCC(C)NC(=O)c1csc(C(C)N)n1. The molecule has 6 heteroatoms. The van der Waals surface area contributed by atoms with Crippen molar-refractivity contribution in [1.82, 2.24) is 10.3 Å². The molecule has 90 valence electrons. The number of rotatable bonds is 5. The zero-order chi connectivity index (χ0) is 12.1. The van der Waals surface area contributed by atoms with E-state index in [1.807, 2.05) is 13.8 Å². The summed E-state index contributed by atoms with van der Waals surface area (Å²) < 4.78 is 4.93. The Bertz CT molecular complexity index is 352. The molecule has 0 aliphatic heterocycles. The van der Waals surface area contributed by atoms with Gasteiger partial charge in [-0.2, -0.15) is 0 Å². The van der Waals surface area contributed by atoms with Gasteiger partial charge in [-0.1, -0.05) is 0 Å². The van der Waals surface area contributed by atoms with Crippen LogP contribution in [0.25, 0.3) is 0 Å². The third kappa shape index (κ3) is 3.55. The molecule has 0 saturated heterocycles. The van der Waals surface area contributed by atoms with Crippen LogP contribution in [0, 0.1) is 0 Å². The third-order valence-corrected chi connectivity index (χ3v) is 2.98. The molecule has 3 N–H and O–H groups in total. The Labute approximate surface area is 99.0 Å². The van der Waals surface area contributed by atoms with Gasteiger partial charge in [0, 0.05) is 18.5 Å². The summed E-state index contributed by atoms with van der Waals surface area (Å²) in [5.74, 6) is -0.187. The van der Waals surface area contributed by atoms with Gasteiger partial charge >= 0.3 is 0 Å². The number of thiazole rings is 1. The van der Waals surface area contributed by atoms with Crippen molar-refractivity contribution in [2.75, 3.05) is 13.7 Å². The maximum absolute atomic E-state index is 11.7. The van der Waals surface area contributed by atoms with Crippen LogP contribution in [0.1, 0.15) is 35.4 Å². The Morgan fingerprint density at radius 1 is 1.69 bits per heavy atom. The average molecular weight is 243 g/mol. The summed E-state index contributed by atoms with van der Waals surface area (Å²) in [5, 5.41) is 5.27. The normalized spacial score (nSPS) is 14.5. The topological polar surface area (TPSA) is 77.2 Å². The fraction of sp³-hybridized carbons (Fsp3) is 0.600. The predicted molar refractivity (Wildman–Crippen MR) is 63.5 cm³/mol. The zero-order valence-corrected chi connectivity index (χ0v) is 10.5. The minimum Gasteiger partial charge on any atom is -0.383 e. The van der Waals surface area contributed by atoms with E-state index in [1.54, 1.807) is 12.5 Å². The van der Waals surface area contributed by atoms with Crippen molar-refractivity contribution >= 4 is 17.2 Å². The number of carbonyl (C=O) groups is 1. The van der Waals surface area contributed by atoms with Crippen molar-refractivity contribution in [3.63, 3.8) is 0 Å². The van der Waals surface area contributed by atoms with Crippen LogP contribution in [0.2, 0.25) is 0 Å². The van der Waals surface area contributed by atoms with Crippen molar-refractivity contribution in [1.29, 1.82) is 0 Å². The number of nitrogens with one attached hydrogen (secondary N) is 1. The predicted octanol–water partition coefficient (Wildman–Crippen LogP) is 0.928. The van der Waals surface area contributed by atoms with Gasteiger partial charge in [-0.15, -0.1) is 11.3 Å². The molecule has 0 aromatic carbocycles. The first-order valence-electron chi connectivity index (χ1n) is 5.05. The fourth-order valence-electron chi connectivity index (χ4n) is 1.19. The van der Waals surface area contributed by atoms with Crippen molar-refractivity contribution in [3.05, 3.63) is 16.1 Å². The molecule has 16 heavy (non-hydrogen) atoms. The zero-order valence-electron chi connectivity index (χ0n) is 9.69. The summed E-state index contributed by atoms with van der Waals surface area (Å²) in [6.07, 6.45) is 0. The Balaban J connectivity index is 2.59. The molecular formula is C10H17N3O2S. The number of methoxy groups -OCH3 is 1. The highest BCUT2D eigenvalue weighted by molar-refractivity contribution is 7.09. The van der Waals surface area contributed by atoms with E-state index in [0.717, 1.165) is 5.01 Å². The number of carbonyl (C=O) groups excluding carboxylic acids is 1. The van der Waals surface area contributed by atoms with Crippen molar-refractivity contribution in [3.8, 4) is 0 Å². The summed E-state index contributed by atoms with van der Waals surface area (Å²) in [7, 11) is 1.60. The first-order valence-corrected chi connectivity index (χ1v) is 5.93. The van der Waals surface area contributed by atoms with Gasteiger partial charge in [0.25, 0.3) is 5.91 Å². The molecule has 1 aromatic heterocycles. The van der Waals surface area contributed by atoms with Gasteiger partial charge in [-0.25, -0.2) is 4.98 Å². The van der Waals surface area contributed by atoms with Gasteiger partial charge in [0.15, 0.2) is 0 Å². The molecule has 0 aliphatic carbocycles. The fourth-order valence-corrected chi connectivity index (χ4v) is 1.95. The highest BCUT2D eigenvalue weighted by Crippen LogP contribution is 2.15. The summed E-state index contributed by atoms with van der Waals surface area (Å²) in [5.41, 5.74) is 6.09. The van der Waals surface area contributed by atoms with Crippen molar-refractivity contribution in [2.45, 2.75) is 25.9 Å². The highest BCUT2D eigenvalue weighted by Gasteiger charge is 2.14. The van der Waals surface area contributed by atoms with Crippen LogP contribution in [0.5, 0.6) is 0 Å². The Morgan fingerprint density at radius 2 is 2.38 bits per heavy atom. The molecule has 0 radical (unpaired) electrons. The van der Waals surface area contributed by atoms with E-state index in [4.69, 9.17) is 10.5 Å². The second-order valence-corrected chi connectivity index (χ2v) is 4.58. The average Bonchev–Trinajstić information content (AvgIpc) is 2.66. The van der Waals surface area contributed by atoms with E-state index in [-0.39, 0.29) is 18.0 Å². The summed E-state index contributed by atoms with van der Waals surface area (Å²) in [6.45, 7) is 4.20. The summed E-state index contributed by atoms with van der Waals surface area (Å²) >= 11 is 1.40. The van der Waals surface area contributed by atoms with Gasteiger partial charge in [0.05, 0.1) is 12.6 Å². The van der Waals surface area contributed by atoms with E-state index in [0.29, 0.717) is 12.3 Å². The van der Waals surface area contributed by atoms with Crippen LogP contribution in [0.15, 0.2) is 5.38 Å². The Morgan fingerprint density at radius 3 is 2.88 bits per heavy atom. The first kappa shape index (κ1) is 13.1. The van der Waals surface area contributed by atoms with Gasteiger partial charge in [0.2, 0.25) is 0 Å². The van der Waals surface area contributed by atoms with Crippen molar-refractivity contribution in [2.24, 2.45) is 5.73 Å². The van der Waals surface area contributed by atoms with E-state index in [1.165, 1.54) is 11.3 Å². The van der Waals surface area contributed by atoms with Crippen LogP contribution < -0.4 is 11.1 Å². The molecule has 1 aromatic rings. The molecule has 1 rings (SSSR count). The van der Waals surface area contributed by atoms with Crippen LogP contribution in [-0.4, -0.2) is 30.6 Å². The number of nitrogens with zero attached hydrogens (tertiary/aromatic N) is 1.